The predicted octanol–water partition coefficient (Wildman–Crippen LogP) is 2.34. The molecule has 0 aromatic carbocycles. The van der Waals surface area contributed by atoms with Crippen molar-refractivity contribution in [2.45, 2.75) is 36.0 Å². The Bertz CT molecular complexity index is 91.4. The molecule has 1 nitrogen and oxygen atoms in total. The zero-order valence-electron chi connectivity index (χ0n) is 6.62. The zero-order valence-corrected chi connectivity index (χ0v) is 8.78. The number of alkyl halides is 1. The highest BCUT2D eigenvalue weighted by Gasteiger charge is 2.19. The zero-order chi connectivity index (χ0) is 7.45. The third-order valence-corrected chi connectivity index (χ3v) is 3.20. The summed E-state index contributed by atoms with van der Waals surface area (Å²) in [7, 11) is 0. The number of rotatable bonds is 0. The van der Waals surface area contributed by atoms with Crippen LogP contribution in [0.15, 0.2) is 0 Å². The van der Waals surface area contributed by atoms with E-state index in [-0.39, 0.29) is 0 Å². The first-order chi connectivity index (χ1) is 4.71. The molecule has 1 saturated heterocycles. The molecule has 0 saturated carbocycles. The lowest BCUT2D eigenvalue weighted by molar-refractivity contribution is 0.463. The molecule has 1 rings (SSSR count). The van der Waals surface area contributed by atoms with E-state index in [4.69, 9.17) is 0 Å². The van der Waals surface area contributed by atoms with E-state index in [1.54, 1.807) is 0 Å². The molecule has 1 N–H and O–H groups in total. The summed E-state index contributed by atoms with van der Waals surface area (Å²) in [6.07, 6.45) is 5.48. The molecule has 10 heavy (non-hydrogen) atoms. The maximum absolute atomic E-state index is 3.44. The summed E-state index contributed by atoms with van der Waals surface area (Å²) < 4.78 is 0.561. The van der Waals surface area contributed by atoms with Crippen LogP contribution in [0.1, 0.15) is 32.6 Å². The second kappa shape index (κ2) is 3.90. The molecule has 1 fully saturated rings. The molecule has 1 aliphatic heterocycles. The Hall–Kier alpha value is 0.690. The van der Waals surface area contributed by atoms with Crippen LogP contribution in [0.3, 0.4) is 0 Å². The summed E-state index contributed by atoms with van der Waals surface area (Å²) in [5.74, 6) is 0. The highest BCUT2D eigenvalue weighted by molar-refractivity contribution is 14.1. The predicted molar refractivity (Wildman–Crippen MR) is 53.8 cm³/mol. The number of hydrogen-bond donors (Lipinski definition) is 1. The molecule has 0 spiro atoms. The molecule has 0 aromatic heterocycles. The monoisotopic (exact) mass is 253 g/mol. The first-order valence-electron chi connectivity index (χ1n) is 4.10. The second-order valence-corrected chi connectivity index (χ2v) is 5.97. The fourth-order valence-corrected chi connectivity index (χ4v) is 1.99. The standard InChI is InChI=1S/C8H16IN/c1-8(9)4-2-3-6-10-7-5-8/h10H,2-7H2,1H3. The van der Waals surface area contributed by atoms with Crippen molar-refractivity contribution in [3.05, 3.63) is 0 Å². The molecule has 2 heteroatoms. The van der Waals surface area contributed by atoms with Crippen LogP contribution < -0.4 is 5.32 Å². The van der Waals surface area contributed by atoms with Crippen LogP contribution >= 0.6 is 22.6 Å². The Morgan fingerprint density at radius 1 is 1.20 bits per heavy atom. The Labute approximate surface area is 77.1 Å². The van der Waals surface area contributed by atoms with Crippen molar-refractivity contribution in [2.75, 3.05) is 13.1 Å². The normalized spacial score (nSPS) is 36.6. The van der Waals surface area contributed by atoms with Crippen LogP contribution in [0.5, 0.6) is 0 Å². The first kappa shape index (κ1) is 8.78. The summed E-state index contributed by atoms with van der Waals surface area (Å²) in [6, 6.07) is 0. The van der Waals surface area contributed by atoms with Crippen molar-refractivity contribution in [2.24, 2.45) is 0 Å². The Morgan fingerprint density at radius 3 is 2.80 bits per heavy atom. The summed E-state index contributed by atoms with van der Waals surface area (Å²) in [5.41, 5.74) is 0. The van der Waals surface area contributed by atoms with Gasteiger partial charge in [0.15, 0.2) is 0 Å². The van der Waals surface area contributed by atoms with Crippen molar-refractivity contribution in [3.8, 4) is 0 Å². The van der Waals surface area contributed by atoms with E-state index in [0.717, 1.165) is 0 Å². The smallest absolute Gasteiger partial charge is 0.0206 e. The lowest BCUT2D eigenvalue weighted by atomic mass is 9.99. The molecule has 0 bridgehead atoms. The minimum atomic E-state index is 0.561. The van der Waals surface area contributed by atoms with E-state index < -0.39 is 0 Å². The molecule has 1 unspecified atom stereocenters. The van der Waals surface area contributed by atoms with Crippen LogP contribution in [0, 0.1) is 0 Å². The molecule has 1 heterocycles. The van der Waals surface area contributed by atoms with E-state index in [1.807, 2.05) is 0 Å². The van der Waals surface area contributed by atoms with Gasteiger partial charge in [0.2, 0.25) is 0 Å². The highest BCUT2D eigenvalue weighted by atomic mass is 127. The van der Waals surface area contributed by atoms with Crippen LogP contribution in [-0.2, 0) is 0 Å². The Balaban J connectivity index is 2.30. The summed E-state index contributed by atoms with van der Waals surface area (Å²) in [4.78, 5) is 0. The number of hydrogen-bond acceptors (Lipinski definition) is 1. The lowest BCUT2D eigenvalue weighted by Crippen LogP contribution is -2.28. The largest absolute Gasteiger partial charge is 0.317 e. The van der Waals surface area contributed by atoms with E-state index in [9.17, 15) is 0 Å². The highest BCUT2D eigenvalue weighted by Crippen LogP contribution is 2.29. The molecule has 60 valence electrons. The van der Waals surface area contributed by atoms with Gasteiger partial charge in [0.1, 0.15) is 0 Å². The average molecular weight is 253 g/mol. The molecular weight excluding hydrogens is 237 g/mol. The molecule has 0 radical (unpaired) electrons. The van der Waals surface area contributed by atoms with Gasteiger partial charge >= 0.3 is 0 Å². The van der Waals surface area contributed by atoms with Gasteiger partial charge in [-0.3, -0.25) is 0 Å². The van der Waals surface area contributed by atoms with E-state index >= 15 is 0 Å². The van der Waals surface area contributed by atoms with Gasteiger partial charge in [-0.25, -0.2) is 0 Å². The quantitative estimate of drug-likeness (QED) is 0.516. The number of nitrogens with one attached hydrogen (secondary N) is 1. The van der Waals surface area contributed by atoms with Gasteiger partial charge in [-0.05, 0) is 32.4 Å². The van der Waals surface area contributed by atoms with Gasteiger partial charge in [0.05, 0.1) is 0 Å². The fraction of sp³-hybridized carbons (Fsp3) is 1.00. The molecule has 0 aromatic rings. The van der Waals surface area contributed by atoms with Gasteiger partial charge in [0.25, 0.3) is 0 Å². The van der Waals surface area contributed by atoms with Crippen LogP contribution in [-0.4, -0.2) is 16.5 Å². The van der Waals surface area contributed by atoms with Crippen molar-refractivity contribution in [1.82, 2.24) is 5.32 Å². The Kier molecular flexibility index (Phi) is 3.43. The van der Waals surface area contributed by atoms with Crippen molar-refractivity contribution < 1.29 is 0 Å². The SMILES string of the molecule is CC1(I)CCCCNCC1. The van der Waals surface area contributed by atoms with Crippen molar-refractivity contribution >= 4 is 22.6 Å². The van der Waals surface area contributed by atoms with Gasteiger partial charge < -0.3 is 5.32 Å². The molecule has 0 amide bonds. The number of halogens is 1. The second-order valence-electron chi connectivity index (χ2n) is 3.37. The fourth-order valence-electron chi connectivity index (χ4n) is 1.34. The average Bonchev–Trinajstić information content (AvgIpc) is 1.81. The summed E-state index contributed by atoms with van der Waals surface area (Å²) in [6.45, 7) is 4.80. The third kappa shape index (κ3) is 3.19. The maximum atomic E-state index is 3.44. The first-order valence-corrected chi connectivity index (χ1v) is 5.18. The van der Waals surface area contributed by atoms with Gasteiger partial charge in [-0.2, -0.15) is 0 Å². The minimum Gasteiger partial charge on any atom is -0.317 e. The summed E-state index contributed by atoms with van der Waals surface area (Å²) in [5, 5.41) is 3.44. The van der Waals surface area contributed by atoms with Gasteiger partial charge in [-0.15, -0.1) is 0 Å². The Morgan fingerprint density at radius 2 is 2.00 bits per heavy atom. The van der Waals surface area contributed by atoms with E-state index in [0.29, 0.717) is 3.42 Å². The van der Waals surface area contributed by atoms with Crippen LogP contribution in [0.25, 0.3) is 0 Å². The lowest BCUT2D eigenvalue weighted by Gasteiger charge is -2.25. The van der Waals surface area contributed by atoms with Crippen molar-refractivity contribution in [1.29, 1.82) is 0 Å². The third-order valence-electron chi connectivity index (χ3n) is 2.12. The van der Waals surface area contributed by atoms with Crippen molar-refractivity contribution in [3.63, 3.8) is 0 Å². The topological polar surface area (TPSA) is 12.0 Å². The maximum Gasteiger partial charge on any atom is 0.0206 e. The molecule has 0 aliphatic carbocycles. The van der Waals surface area contributed by atoms with Gasteiger partial charge in [0, 0.05) is 3.42 Å². The summed E-state index contributed by atoms with van der Waals surface area (Å²) >= 11 is 2.59. The van der Waals surface area contributed by atoms with E-state index in [2.05, 4.69) is 34.8 Å². The van der Waals surface area contributed by atoms with Gasteiger partial charge in [-0.1, -0.05) is 35.9 Å². The molecule has 1 aliphatic rings. The van der Waals surface area contributed by atoms with Crippen LogP contribution in [0.2, 0.25) is 0 Å². The molecule has 1 atom stereocenters. The molecular formula is C8H16IN. The van der Waals surface area contributed by atoms with Crippen LogP contribution in [0.4, 0.5) is 0 Å². The van der Waals surface area contributed by atoms with E-state index in [1.165, 1.54) is 38.8 Å². The minimum absolute atomic E-state index is 0.561.